The minimum atomic E-state index is -1.42. The highest BCUT2D eigenvalue weighted by molar-refractivity contribution is 7.80. The van der Waals surface area contributed by atoms with Crippen LogP contribution in [0.25, 0.3) is 11.4 Å². The number of rotatable bonds is 5. The number of thiol groups is 1. The highest BCUT2D eigenvalue weighted by Crippen LogP contribution is 2.45. The molecule has 3 aromatic heterocycles. The molecular weight excluding hydrogens is 464 g/mol. The second kappa shape index (κ2) is 8.62. The molecule has 0 radical (unpaired) electrons. The minimum absolute atomic E-state index is 0.359. The molecule has 166 valence electrons. The van der Waals surface area contributed by atoms with E-state index in [4.69, 9.17) is 26.8 Å². The van der Waals surface area contributed by atoms with Gasteiger partial charge in [0.15, 0.2) is 5.13 Å². The first-order valence-corrected chi connectivity index (χ1v) is 11.0. The zero-order valence-electron chi connectivity index (χ0n) is 16.6. The Bertz CT molecular complexity index is 1080. The highest BCUT2D eigenvalue weighted by Gasteiger charge is 2.60. The first kappa shape index (κ1) is 22.4. The predicted molar refractivity (Wildman–Crippen MR) is 118 cm³/mol. The van der Waals surface area contributed by atoms with Gasteiger partial charge in [0.2, 0.25) is 0 Å². The number of nitrogens with zero attached hydrogens (tertiary/aromatic N) is 5. The summed E-state index contributed by atoms with van der Waals surface area (Å²) in [5.74, 6) is 0. The van der Waals surface area contributed by atoms with Crippen LogP contribution >= 0.6 is 35.6 Å². The summed E-state index contributed by atoms with van der Waals surface area (Å²) in [6.45, 7) is 1.33. The lowest BCUT2D eigenvalue weighted by molar-refractivity contribution is -0.213. The van der Waals surface area contributed by atoms with Gasteiger partial charge in [-0.3, -0.25) is 4.98 Å². The van der Waals surface area contributed by atoms with E-state index in [1.807, 2.05) is 0 Å². The van der Waals surface area contributed by atoms with Crippen molar-refractivity contribution in [2.75, 3.05) is 19.5 Å². The monoisotopic (exact) mass is 484 g/mol. The normalized spacial score (nSPS) is 28.7. The number of nitrogen functional groups attached to an aromatic ring is 1. The summed E-state index contributed by atoms with van der Waals surface area (Å²) in [6, 6.07) is 1.68. The SMILES string of the molecule is CO[C@H]1[C@@H](S)O[C@H](CO)[C@H](O)C1(c1cc(Cl)cnc1C)n1cc(-c2csc(N)n2)nn1. The van der Waals surface area contributed by atoms with Gasteiger partial charge in [-0.15, -0.1) is 29.1 Å². The number of aromatic nitrogens is 5. The molecule has 31 heavy (non-hydrogen) atoms. The molecule has 1 aliphatic heterocycles. The maximum atomic E-state index is 11.5. The fraction of sp³-hybridized carbons (Fsp3) is 0.444. The molecule has 1 fully saturated rings. The number of thiazole rings is 1. The number of anilines is 1. The fourth-order valence-corrected chi connectivity index (χ4v) is 5.24. The zero-order chi connectivity index (χ0) is 22.3. The summed E-state index contributed by atoms with van der Waals surface area (Å²) < 4.78 is 13.0. The molecule has 4 N–H and O–H groups in total. The van der Waals surface area contributed by atoms with Crippen molar-refractivity contribution in [3.05, 3.63) is 40.1 Å². The Kier molecular flexibility index (Phi) is 6.23. The third kappa shape index (κ3) is 3.61. The van der Waals surface area contributed by atoms with E-state index in [0.29, 0.717) is 32.8 Å². The Hall–Kier alpha value is -1.80. The average molecular weight is 485 g/mol. The van der Waals surface area contributed by atoms with Crippen molar-refractivity contribution in [1.29, 1.82) is 0 Å². The smallest absolute Gasteiger partial charge is 0.180 e. The van der Waals surface area contributed by atoms with Crippen molar-refractivity contribution >= 4 is 40.7 Å². The lowest BCUT2D eigenvalue weighted by atomic mass is 9.75. The lowest BCUT2D eigenvalue weighted by Gasteiger charge is -2.51. The van der Waals surface area contributed by atoms with Crippen LogP contribution in [-0.4, -0.2) is 72.6 Å². The summed E-state index contributed by atoms with van der Waals surface area (Å²) in [4.78, 5) is 8.60. The van der Waals surface area contributed by atoms with Crippen molar-refractivity contribution in [2.45, 2.75) is 36.2 Å². The van der Waals surface area contributed by atoms with Crippen LogP contribution in [0.3, 0.4) is 0 Å². The second-order valence-electron chi connectivity index (χ2n) is 7.08. The number of nitrogens with two attached hydrogens (primary N) is 1. The standard InChI is InChI=1S/C18H21ClN6O4S2/c1-8-10(3-9(19)4-21-8)18(14(27)13(6-26)29-16(30)15(18)28-2)25-5-11(23-24-25)12-7-31-17(20)22-12/h3-5,7,13-16,26-27,30H,6H2,1-2H3,(H2,20,22)/t13-,14+,15+,16-,18?/m1/s1. The molecule has 1 saturated heterocycles. The van der Waals surface area contributed by atoms with Gasteiger partial charge in [0, 0.05) is 29.9 Å². The summed E-state index contributed by atoms with van der Waals surface area (Å²) in [5, 5.41) is 32.5. The maximum Gasteiger partial charge on any atom is 0.180 e. The van der Waals surface area contributed by atoms with Crippen molar-refractivity contribution in [3.8, 4) is 11.4 Å². The van der Waals surface area contributed by atoms with Gasteiger partial charge in [-0.05, 0) is 13.0 Å². The Morgan fingerprint density at radius 1 is 1.45 bits per heavy atom. The van der Waals surface area contributed by atoms with Gasteiger partial charge in [0.1, 0.15) is 40.7 Å². The van der Waals surface area contributed by atoms with Gasteiger partial charge in [-0.1, -0.05) is 16.8 Å². The van der Waals surface area contributed by atoms with Crippen LogP contribution in [0.2, 0.25) is 5.02 Å². The molecule has 1 unspecified atom stereocenters. The fourth-order valence-electron chi connectivity index (χ4n) is 4.02. The molecular formula is C18H21ClN6O4S2. The summed E-state index contributed by atoms with van der Waals surface area (Å²) in [7, 11) is 1.48. The van der Waals surface area contributed by atoms with E-state index in [1.54, 1.807) is 24.6 Å². The molecule has 0 aromatic carbocycles. The molecule has 5 atom stereocenters. The van der Waals surface area contributed by atoms with Crippen LogP contribution in [0.4, 0.5) is 5.13 Å². The van der Waals surface area contributed by atoms with Gasteiger partial charge in [0.05, 0.1) is 17.8 Å². The third-order valence-corrected chi connectivity index (χ3v) is 6.66. The Morgan fingerprint density at radius 2 is 2.23 bits per heavy atom. The van der Waals surface area contributed by atoms with E-state index in [1.165, 1.54) is 29.3 Å². The topological polar surface area (TPSA) is 141 Å². The van der Waals surface area contributed by atoms with Crippen LogP contribution in [0.15, 0.2) is 23.8 Å². The van der Waals surface area contributed by atoms with E-state index in [2.05, 4.69) is 32.9 Å². The molecule has 0 spiro atoms. The van der Waals surface area contributed by atoms with Gasteiger partial charge >= 0.3 is 0 Å². The molecule has 4 heterocycles. The predicted octanol–water partition coefficient (Wildman–Crippen LogP) is 1.11. The molecule has 3 aromatic rings. The maximum absolute atomic E-state index is 11.5. The molecule has 10 nitrogen and oxygen atoms in total. The molecule has 13 heteroatoms. The average Bonchev–Trinajstić information content (AvgIpc) is 3.40. The Labute approximate surface area is 192 Å². The molecule has 0 bridgehead atoms. The highest BCUT2D eigenvalue weighted by atomic mass is 35.5. The number of halogens is 1. The number of pyridine rings is 1. The molecule has 0 amide bonds. The number of aliphatic hydroxyl groups excluding tert-OH is 2. The van der Waals surface area contributed by atoms with Crippen molar-refractivity contribution in [2.24, 2.45) is 0 Å². The Balaban J connectivity index is 1.99. The van der Waals surface area contributed by atoms with E-state index in [9.17, 15) is 10.2 Å². The molecule has 1 aliphatic rings. The van der Waals surface area contributed by atoms with Gasteiger partial charge in [-0.2, -0.15) is 0 Å². The molecule has 0 saturated carbocycles. The first-order chi connectivity index (χ1) is 14.8. The van der Waals surface area contributed by atoms with Gasteiger partial charge in [0.25, 0.3) is 0 Å². The first-order valence-electron chi connectivity index (χ1n) is 9.25. The largest absolute Gasteiger partial charge is 0.394 e. The number of hydrogen-bond donors (Lipinski definition) is 4. The van der Waals surface area contributed by atoms with E-state index < -0.39 is 35.9 Å². The molecule has 0 aliphatic carbocycles. The molecule has 4 rings (SSSR count). The van der Waals surface area contributed by atoms with Crippen LogP contribution in [0.1, 0.15) is 11.3 Å². The number of aryl methyl sites for hydroxylation is 1. The van der Waals surface area contributed by atoms with Gasteiger partial charge < -0.3 is 25.4 Å². The number of methoxy groups -OCH3 is 1. The van der Waals surface area contributed by atoms with Crippen LogP contribution in [0.5, 0.6) is 0 Å². The zero-order valence-corrected chi connectivity index (χ0v) is 19.1. The third-order valence-electron chi connectivity index (χ3n) is 5.39. The van der Waals surface area contributed by atoms with Crippen molar-refractivity contribution in [3.63, 3.8) is 0 Å². The second-order valence-corrected chi connectivity index (χ2v) is 8.92. The number of aliphatic hydroxyl groups is 2. The van der Waals surface area contributed by atoms with E-state index in [0.717, 1.165) is 0 Å². The summed E-state index contributed by atoms with van der Waals surface area (Å²) in [6.07, 6.45) is 0.00993. The van der Waals surface area contributed by atoms with Crippen molar-refractivity contribution in [1.82, 2.24) is 25.0 Å². The summed E-state index contributed by atoms with van der Waals surface area (Å²) >= 11 is 12.1. The van der Waals surface area contributed by atoms with Crippen LogP contribution in [-0.2, 0) is 15.0 Å². The van der Waals surface area contributed by atoms with Crippen LogP contribution in [0, 0.1) is 6.92 Å². The summed E-state index contributed by atoms with van der Waals surface area (Å²) in [5.41, 5.74) is 5.64. The number of hydrogen-bond acceptors (Lipinski definition) is 11. The van der Waals surface area contributed by atoms with Gasteiger partial charge in [-0.25, -0.2) is 9.67 Å². The van der Waals surface area contributed by atoms with Crippen molar-refractivity contribution < 1.29 is 19.7 Å². The van der Waals surface area contributed by atoms with E-state index >= 15 is 0 Å². The van der Waals surface area contributed by atoms with E-state index in [-0.39, 0.29) is 0 Å². The van der Waals surface area contributed by atoms with Crippen LogP contribution < -0.4 is 5.73 Å². The minimum Gasteiger partial charge on any atom is -0.394 e. The Morgan fingerprint density at radius 3 is 2.87 bits per heavy atom. The quantitative estimate of drug-likeness (QED) is 0.392. The number of ether oxygens (including phenoxy) is 2. The lowest BCUT2D eigenvalue weighted by Crippen LogP contribution is -2.68.